The molecule has 1 aromatic carbocycles. The lowest BCUT2D eigenvalue weighted by Crippen LogP contribution is -2.03. The van der Waals surface area contributed by atoms with Crippen LogP contribution in [-0.2, 0) is 0 Å². The van der Waals surface area contributed by atoms with Crippen LogP contribution in [0.2, 0.25) is 0 Å². The topological polar surface area (TPSA) is 79.3 Å². The molecule has 0 aliphatic rings. The summed E-state index contributed by atoms with van der Waals surface area (Å²) in [5.74, 6) is -1.50. The molecule has 2 rings (SSSR count). The second kappa shape index (κ2) is 6.06. The Balaban J connectivity index is 2.26. The van der Waals surface area contributed by atoms with Crippen molar-refractivity contribution >= 4 is 45.7 Å². The van der Waals surface area contributed by atoms with Crippen LogP contribution in [0.25, 0.3) is 0 Å². The number of aromatic nitrogens is 1. The van der Waals surface area contributed by atoms with Crippen molar-refractivity contribution in [3.8, 4) is 0 Å². The van der Waals surface area contributed by atoms with Crippen molar-refractivity contribution < 1.29 is 14.7 Å². The number of rotatable bonds is 5. The Morgan fingerprint density at radius 2 is 1.95 bits per heavy atom. The summed E-state index contributed by atoms with van der Waals surface area (Å²) in [5, 5.41) is 12.4. The predicted octanol–water partition coefficient (Wildman–Crippen LogP) is 3.51. The molecular weight excluding hydrogens is 296 g/mol. The van der Waals surface area contributed by atoms with E-state index in [2.05, 4.69) is 10.3 Å². The van der Waals surface area contributed by atoms with Gasteiger partial charge in [-0.25, -0.2) is 9.78 Å². The van der Waals surface area contributed by atoms with Gasteiger partial charge in [-0.15, -0.1) is 11.8 Å². The highest BCUT2D eigenvalue weighted by atomic mass is 32.2. The summed E-state index contributed by atoms with van der Waals surface area (Å²) in [4.78, 5) is 27.7. The van der Waals surface area contributed by atoms with E-state index in [1.54, 1.807) is 11.8 Å². The van der Waals surface area contributed by atoms with Crippen molar-refractivity contribution in [2.24, 2.45) is 0 Å². The molecule has 0 bridgehead atoms. The maximum absolute atomic E-state index is 11.4. The number of anilines is 2. The van der Waals surface area contributed by atoms with Crippen molar-refractivity contribution in [3.05, 3.63) is 34.8 Å². The molecule has 0 aliphatic heterocycles. The maximum atomic E-state index is 11.4. The van der Waals surface area contributed by atoms with Gasteiger partial charge in [0.2, 0.25) is 0 Å². The second-order valence-corrected chi connectivity index (χ2v) is 5.79. The van der Waals surface area contributed by atoms with Crippen molar-refractivity contribution in [2.75, 3.05) is 11.6 Å². The van der Waals surface area contributed by atoms with E-state index in [0.717, 1.165) is 21.9 Å². The molecule has 0 spiro atoms. The van der Waals surface area contributed by atoms with Gasteiger partial charge >= 0.3 is 5.97 Å². The highest BCUT2D eigenvalue weighted by molar-refractivity contribution is 7.98. The Bertz CT molecular complexity index is 619. The van der Waals surface area contributed by atoms with Crippen LogP contribution in [0.5, 0.6) is 0 Å². The molecule has 5 nitrogen and oxygen atoms in total. The molecule has 0 aliphatic carbocycles. The molecule has 2 aromatic rings. The van der Waals surface area contributed by atoms with Gasteiger partial charge in [-0.1, -0.05) is 11.3 Å². The van der Waals surface area contributed by atoms with E-state index >= 15 is 0 Å². The van der Waals surface area contributed by atoms with Crippen molar-refractivity contribution in [2.45, 2.75) is 11.8 Å². The van der Waals surface area contributed by atoms with Crippen LogP contribution < -0.4 is 5.32 Å². The van der Waals surface area contributed by atoms with Crippen molar-refractivity contribution in [1.82, 2.24) is 4.98 Å². The molecule has 2 N–H and O–H groups in total. The van der Waals surface area contributed by atoms with Crippen LogP contribution in [-0.4, -0.2) is 28.1 Å². The quantitative estimate of drug-likeness (QED) is 0.650. The Hall–Kier alpha value is -1.86. The zero-order valence-corrected chi connectivity index (χ0v) is 12.5. The number of benzene rings is 1. The van der Waals surface area contributed by atoms with E-state index in [4.69, 9.17) is 5.11 Å². The monoisotopic (exact) mass is 308 g/mol. The number of thiazole rings is 1. The fraction of sp³-hybridized carbons (Fsp3) is 0.154. The van der Waals surface area contributed by atoms with Crippen LogP contribution in [0.4, 0.5) is 10.8 Å². The lowest BCUT2D eigenvalue weighted by atomic mass is 10.3. The molecule has 0 unspecified atom stereocenters. The Kier molecular flexibility index (Phi) is 4.41. The van der Waals surface area contributed by atoms with E-state index in [0.29, 0.717) is 5.13 Å². The zero-order chi connectivity index (χ0) is 14.7. The van der Waals surface area contributed by atoms with Gasteiger partial charge in [0.1, 0.15) is 4.88 Å². The van der Waals surface area contributed by atoms with Crippen LogP contribution in [0, 0.1) is 0 Å². The molecule has 0 saturated heterocycles. The minimum absolute atomic E-state index is 0.153. The van der Waals surface area contributed by atoms with Crippen LogP contribution in [0.3, 0.4) is 0 Å². The first-order valence-electron chi connectivity index (χ1n) is 5.67. The zero-order valence-electron chi connectivity index (χ0n) is 10.8. The van der Waals surface area contributed by atoms with Gasteiger partial charge in [-0.2, -0.15) is 0 Å². The van der Waals surface area contributed by atoms with Crippen LogP contribution in [0.1, 0.15) is 27.1 Å². The smallest absolute Gasteiger partial charge is 0.356 e. The van der Waals surface area contributed by atoms with E-state index in [1.807, 2.05) is 30.5 Å². The lowest BCUT2D eigenvalue weighted by Gasteiger charge is -2.02. The summed E-state index contributed by atoms with van der Waals surface area (Å²) in [6.45, 7) is 1.33. The number of carbonyl (C=O) groups is 2. The first-order valence-corrected chi connectivity index (χ1v) is 7.71. The highest BCUT2D eigenvalue weighted by Crippen LogP contribution is 2.27. The van der Waals surface area contributed by atoms with E-state index in [1.165, 1.54) is 6.92 Å². The molecule has 0 saturated carbocycles. The number of hydrogen-bond acceptors (Lipinski definition) is 6. The molecule has 0 radical (unpaired) electrons. The first kappa shape index (κ1) is 14.5. The minimum atomic E-state index is -1.20. The number of carboxylic acid groups (broad SMARTS) is 1. The summed E-state index contributed by atoms with van der Waals surface area (Å²) >= 11 is 2.68. The number of hydrogen-bond donors (Lipinski definition) is 2. The summed E-state index contributed by atoms with van der Waals surface area (Å²) in [7, 11) is 0. The molecule has 20 heavy (non-hydrogen) atoms. The number of aromatic carboxylic acids is 1. The van der Waals surface area contributed by atoms with Crippen LogP contribution in [0.15, 0.2) is 29.2 Å². The van der Waals surface area contributed by atoms with Crippen molar-refractivity contribution in [3.63, 3.8) is 0 Å². The molecule has 0 atom stereocenters. The number of thioether (sulfide) groups is 1. The standard InChI is InChI=1S/C13H12N2O3S2/c1-7(16)11-10(12(17)18)15-13(20-11)14-8-3-5-9(19-2)6-4-8/h3-6H,1-2H3,(H,14,15)(H,17,18). The molecular formula is C13H12N2O3S2. The maximum Gasteiger partial charge on any atom is 0.356 e. The Morgan fingerprint density at radius 1 is 1.30 bits per heavy atom. The molecule has 104 valence electrons. The average Bonchev–Trinajstić information content (AvgIpc) is 2.84. The average molecular weight is 308 g/mol. The van der Waals surface area contributed by atoms with Crippen LogP contribution >= 0.6 is 23.1 Å². The Morgan fingerprint density at radius 3 is 2.40 bits per heavy atom. The van der Waals surface area contributed by atoms with Gasteiger partial charge in [0, 0.05) is 17.5 Å². The Labute approximate surface area is 124 Å². The number of carboxylic acids is 1. The van der Waals surface area contributed by atoms with Gasteiger partial charge in [-0.3, -0.25) is 4.79 Å². The summed E-state index contributed by atoms with van der Waals surface area (Å²) < 4.78 is 0. The number of ketones is 1. The van der Waals surface area contributed by atoms with Gasteiger partial charge in [0.15, 0.2) is 16.6 Å². The molecule has 0 fully saturated rings. The molecule has 1 heterocycles. The van der Waals surface area contributed by atoms with E-state index in [9.17, 15) is 9.59 Å². The first-order chi connectivity index (χ1) is 9.51. The third-order valence-corrected chi connectivity index (χ3v) is 4.31. The lowest BCUT2D eigenvalue weighted by molar-refractivity contribution is 0.0687. The largest absolute Gasteiger partial charge is 0.476 e. The van der Waals surface area contributed by atoms with Gasteiger partial charge < -0.3 is 10.4 Å². The fourth-order valence-corrected chi connectivity index (χ4v) is 2.84. The van der Waals surface area contributed by atoms with Gasteiger partial charge in [0.05, 0.1) is 0 Å². The summed E-state index contributed by atoms with van der Waals surface area (Å²) in [5.41, 5.74) is 0.592. The molecule has 7 heteroatoms. The molecule has 0 amide bonds. The predicted molar refractivity (Wildman–Crippen MR) is 80.6 cm³/mol. The number of nitrogens with one attached hydrogen (secondary N) is 1. The highest BCUT2D eigenvalue weighted by Gasteiger charge is 2.20. The minimum Gasteiger partial charge on any atom is -0.476 e. The third-order valence-electron chi connectivity index (χ3n) is 2.49. The third kappa shape index (κ3) is 3.17. The number of nitrogens with zero attached hydrogens (tertiary/aromatic N) is 1. The SMILES string of the molecule is CSc1ccc(Nc2nc(C(=O)O)c(C(C)=O)s2)cc1. The number of Topliss-reactive ketones (excluding diaryl/α,β-unsaturated/α-hetero) is 1. The van der Waals surface area contributed by atoms with E-state index < -0.39 is 5.97 Å². The summed E-state index contributed by atoms with van der Waals surface area (Å²) in [6, 6.07) is 7.65. The van der Waals surface area contributed by atoms with E-state index in [-0.39, 0.29) is 16.4 Å². The van der Waals surface area contributed by atoms with Gasteiger partial charge in [0.25, 0.3) is 0 Å². The van der Waals surface area contributed by atoms with Crippen molar-refractivity contribution in [1.29, 1.82) is 0 Å². The van der Waals surface area contributed by atoms with Gasteiger partial charge in [-0.05, 0) is 30.5 Å². The normalized spacial score (nSPS) is 10.3. The summed E-state index contributed by atoms with van der Waals surface area (Å²) in [6.07, 6.45) is 1.99. The molecule has 1 aromatic heterocycles. The fourth-order valence-electron chi connectivity index (χ4n) is 1.55. The number of carbonyl (C=O) groups excluding carboxylic acids is 1. The second-order valence-electron chi connectivity index (χ2n) is 3.91.